The molecule has 124 valence electrons. The predicted octanol–water partition coefficient (Wildman–Crippen LogP) is 2.56. The van der Waals surface area contributed by atoms with Crippen LogP contribution in [0.5, 0.6) is 0 Å². The highest BCUT2D eigenvalue weighted by atomic mass is 32.2. The number of ether oxygens (including phenoxy) is 1. The lowest BCUT2D eigenvalue weighted by Gasteiger charge is -2.15. The summed E-state index contributed by atoms with van der Waals surface area (Å²) in [5.41, 5.74) is 0.556. The summed E-state index contributed by atoms with van der Waals surface area (Å²) in [7, 11) is -3.39. The van der Waals surface area contributed by atoms with Crippen LogP contribution in [0, 0.1) is 11.6 Å². The topological polar surface area (TPSA) is 55.4 Å². The fourth-order valence-electron chi connectivity index (χ4n) is 2.42. The van der Waals surface area contributed by atoms with Crippen molar-refractivity contribution in [2.75, 3.05) is 18.9 Å². The van der Waals surface area contributed by atoms with Crippen LogP contribution >= 0.6 is 0 Å². The number of benzene rings is 1. The molecule has 1 aliphatic rings. The first-order valence-corrected chi connectivity index (χ1v) is 9.06. The van der Waals surface area contributed by atoms with Gasteiger partial charge < -0.3 is 4.74 Å². The molecule has 1 aliphatic heterocycles. The molecule has 22 heavy (non-hydrogen) atoms. The first kappa shape index (κ1) is 17.3. The third kappa shape index (κ3) is 5.00. The Kier molecular flexibility index (Phi) is 5.88. The monoisotopic (exact) mass is 333 g/mol. The molecule has 0 unspecified atom stereocenters. The number of nitrogens with one attached hydrogen (secondary N) is 1. The van der Waals surface area contributed by atoms with Crippen molar-refractivity contribution in [1.29, 1.82) is 0 Å². The molecule has 2 atom stereocenters. The molecule has 0 saturated carbocycles. The molecule has 0 spiro atoms. The summed E-state index contributed by atoms with van der Waals surface area (Å²) in [5.74, 6) is -2.06. The summed E-state index contributed by atoms with van der Waals surface area (Å²) in [6.07, 6.45) is 2.39. The fraction of sp³-hybridized carbons (Fsp3) is 0.600. The van der Waals surface area contributed by atoms with Gasteiger partial charge in [-0.15, -0.1) is 0 Å². The summed E-state index contributed by atoms with van der Waals surface area (Å²) < 4.78 is 57.9. The van der Waals surface area contributed by atoms with E-state index >= 15 is 0 Å². The molecular weight excluding hydrogens is 312 g/mol. The van der Waals surface area contributed by atoms with E-state index in [1.54, 1.807) is 6.92 Å². The van der Waals surface area contributed by atoms with Crippen LogP contribution in [-0.2, 0) is 14.8 Å². The van der Waals surface area contributed by atoms with E-state index in [1.165, 1.54) is 6.07 Å². The third-order valence-corrected chi connectivity index (χ3v) is 5.23. The third-order valence-electron chi connectivity index (χ3n) is 3.85. The molecule has 0 bridgehead atoms. The van der Waals surface area contributed by atoms with Gasteiger partial charge >= 0.3 is 0 Å². The van der Waals surface area contributed by atoms with E-state index in [9.17, 15) is 17.2 Å². The summed E-state index contributed by atoms with van der Waals surface area (Å²) in [6, 6.07) is 3.61. The Morgan fingerprint density at radius 3 is 2.77 bits per heavy atom. The second kappa shape index (κ2) is 7.48. The van der Waals surface area contributed by atoms with Gasteiger partial charge in [-0.05, 0) is 42.9 Å². The average molecular weight is 333 g/mol. The molecule has 1 heterocycles. The molecule has 1 N–H and O–H groups in total. The van der Waals surface area contributed by atoms with Crippen LogP contribution in [0.2, 0.25) is 0 Å². The molecule has 1 aromatic rings. The van der Waals surface area contributed by atoms with Crippen LogP contribution in [0.3, 0.4) is 0 Å². The maximum Gasteiger partial charge on any atom is 0.211 e. The Morgan fingerprint density at radius 2 is 2.14 bits per heavy atom. The molecule has 1 saturated heterocycles. The summed E-state index contributed by atoms with van der Waals surface area (Å²) >= 11 is 0. The van der Waals surface area contributed by atoms with E-state index in [0.29, 0.717) is 18.6 Å². The largest absolute Gasteiger partial charge is 0.378 e. The first-order valence-electron chi connectivity index (χ1n) is 7.41. The highest BCUT2D eigenvalue weighted by molar-refractivity contribution is 7.89. The lowest BCUT2D eigenvalue weighted by molar-refractivity contribution is 0.109. The Morgan fingerprint density at radius 1 is 1.36 bits per heavy atom. The average Bonchev–Trinajstić information content (AvgIpc) is 2.99. The van der Waals surface area contributed by atoms with E-state index in [-0.39, 0.29) is 24.3 Å². The maximum atomic E-state index is 13.2. The summed E-state index contributed by atoms with van der Waals surface area (Å²) in [4.78, 5) is 0. The Bertz CT molecular complexity index is 601. The van der Waals surface area contributed by atoms with E-state index in [1.807, 2.05) is 0 Å². The van der Waals surface area contributed by atoms with Gasteiger partial charge in [0.2, 0.25) is 10.0 Å². The quantitative estimate of drug-likeness (QED) is 0.834. The van der Waals surface area contributed by atoms with Crippen molar-refractivity contribution < 1.29 is 21.9 Å². The Hall–Kier alpha value is -1.05. The van der Waals surface area contributed by atoms with Gasteiger partial charge in [0, 0.05) is 13.2 Å². The van der Waals surface area contributed by atoms with E-state index < -0.39 is 21.7 Å². The van der Waals surface area contributed by atoms with Crippen LogP contribution in [0.1, 0.15) is 37.7 Å². The van der Waals surface area contributed by atoms with Crippen molar-refractivity contribution in [3.63, 3.8) is 0 Å². The van der Waals surface area contributed by atoms with Crippen molar-refractivity contribution in [2.45, 2.75) is 38.2 Å². The van der Waals surface area contributed by atoms with Crippen LogP contribution in [0.25, 0.3) is 0 Å². The van der Waals surface area contributed by atoms with Crippen molar-refractivity contribution in [3.05, 3.63) is 35.4 Å². The lowest BCUT2D eigenvalue weighted by Crippen LogP contribution is -2.31. The fourth-order valence-corrected chi connectivity index (χ4v) is 3.64. The van der Waals surface area contributed by atoms with Crippen LogP contribution in [-0.4, -0.2) is 33.4 Å². The van der Waals surface area contributed by atoms with E-state index in [4.69, 9.17) is 4.74 Å². The second-order valence-electron chi connectivity index (χ2n) is 5.67. The normalized spacial score (nSPS) is 20.2. The summed E-state index contributed by atoms with van der Waals surface area (Å²) in [6.45, 7) is 2.61. The Balaban J connectivity index is 1.83. The van der Waals surface area contributed by atoms with Gasteiger partial charge in [0.15, 0.2) is 11.6 Å². The minimum Gasteiger partial charge on any atom is -0.378 e. The molecule has 0 aromatic heterocycles. The minimum atomic E-state index is -3.39. The van der Waals surface area contributed by atoms with Crippen LogP contribution < -0.4 is 4.72 Å². The number of hydrogen-bond donors (Lipinski definition) is 1. The second-order valence-corrected chi connectivity index (χ2v) is 7.59. The van der Waals surface area contributed by atoms with Gasteiger partial charge in [-0.25, -0.2) is 21.9 Å². The Labute approximate surface area is 129 Å². The number of hydrogen-bond acceptors (Lipinski definition) is 3. The smallest absolute Gasteiger partial charge is 0.211 e. The molecule has 2 rings (SSSR count). The number of halogens is 2. The molecule has 0 radical (unpaired) electrons. The van der Waals surface area contributed by atoms with Crippen LogP contribution in [0.4, 0.5) is 8.78 Å². The number of rotatable bonds is 7. The molecule has 0 aliphatic carbocycles. The van der Waals surface area contributed by atoms with Crippen LogP contribution in [0.15, 0.2) is 18.2 Å². The standard InChI is InChI=1S/C15H21F2NO3S/c1-11(12-4-5-14(16)15(17)9-12)10-18-22(19,20)8-6-13-3-2-7-21-13/h4-5,9,11,13,18H,2-3,6-8,10H2,1H3/t11-,13-/m1/s1. The zero-order chi connectivity index (χ0) is 16.2. The van der Waals surface area contributed by atoms with Gasteiger partial charge in [0.1, 0.15) is 0 Å². The lowest BCUT2D eigenvalue weighted by atomic mass is 10.0. The number of sulfonamides is 1. The minimum absolute atomic E-state index is 0.0160. The van der Waals surface area contributed by atoms with E-state index in [0.717, 1.165) is 25.0 Å². The molecule has 0 amide bonds. The SMILES string of the molecule is C[C@H](CNS(=O)(=O)CC[C@H]1CCCO1)c1ccc(F)c(F)c1. The predicted molar refractivity (Wildman–Crippen MR) is 80.2 cm³/mol. The maximum absolute atomic E-state index is 13.2. The zero-order valence-electron chi connectivity index (χ0n) is 12.5. The van der Waals surface area contributed by atoms with E-state index in [2.05, 4.69) is 4.72 Å². The highest BCUT2D eigenvalue weighted by Crippen LogP contribution is 2.18. The van der Waals surface area contributed by atoms with Crippen molar-refractivity contribution in [3.8, 4) is 0 Å². The summed E-state index contributed by atoms with van der Waals surface area (Å²) in [5, 5.41) is 0. The molecule has 7 heteroatoms. The van der Waals surface area contributed by atoms with Gasteiger partial charge in [-0.1, -0.05) is 13.0 Å². The molecular formula is C15H21F2NO3S. The van der Waals surface area contributed by atoms with Crippen molar-refractivity contribution >= 4 is 10.0 Å². The van der Waals surface area contributed by atoms with Gasteiger partial charge in [-0.3, -0.25) is 0 Å². The zero-order valence-corrected chi connectivity index (χ0v) is 13.3. The highest BCUT2D eigenvalue weighted by Gasteiger charge is 2.20. The molecule has 1 fully saturated rings. The van der Waals surface area contributed by atoms with Gasteiger partial charge in [0.25, 0.3) is 0 Å². The van der Waals surface area contributed by atoms with Gasteiger partial charge in [-0.2, -0.15) is 0 Å². The first-order chi connectivity index (χ1) is 10.4. The molecule has 1 aromatic carbocycles. The molecule has 4 nitrogen and oxygen atoms in total. The van der Waals surface area contributed by atoms with Crippen molar-refractivity contribution in [1.82, 2.24) is 4.72 Å². The van der Waals surface area contributed by atoms with Crippen molar-refractivity contribution in [2.24, 2.45) is 0 Å². The van der Waals surface area contributed by atoms with Gasteiger partial charge in [0.05, 0.1) is 11.9 Å².